The molecule has 1 unspecified atom stereocenters. The molecule has 0 amide bonds. The normalized spacial score (nSPS) is 11.8. The van der Waals surface area contributed by atoms with E-state index in [9.17, 15) is 9.90 Å². The summed E-state index contributed by atoms with van der Waals surface area (Å²) in [6.07, 6.45) is 0. The van der Waals surface area contributed by atoms with E-state index in [2.05, 4.69) is 10.3 Å². The molecule has 156 valence electrons. The van der Waals surface area contributed by atoms with Gasteiger partial charge in [0.15, 0.2) is 0 Å². The summed E-state index contributed by atoms with van der Waals surface area (Å²) < 4.78 is 5.05. The van der Waals surface area contributed by atoms with E-state index in [0.717, 1.165) is 27.9 Å². The van der Waals surface area contributed by atoms with Gasteiger partial charge in [-0.15, -0.1) is 0 Å². The second-order valence-electron chi connectivity index (χ2n) is 7.31. The topological polar surface area (TPSA) is 71.5 Å². The number of pyridine rings is 1. The third-order valence-electron chi connectivity index (χ3n) is 5.16. The van der Waals surface area contributed by atoms with Crippen LogP contribution in [0.2, 0.25) is 0 Å². The fourth-order valence-corrected chi connectivity index (χ4v) is 3.59. The first kappa shape index (κ1) is 20.4. The summed E-state index contributed by atoms with van der Waals surface area (Å²) in [4.78, 5) is 16.5. The van der Waals surface area contributed by atoms with E-state index in [0.29, 0.717) is 17.7 Å². The fraction of sp³-hybridized carbons (Fsp3) is 0.154. The van der Waals surface area contributed by atoms with Crippen molar-refractivity contribution in [3.63, 3.8) is 0 Å². The lowest BCUT2D eigenvalue weighted by Gasteiger charge is -2.23. The molecule has 5 nitrogen and oxygen atoms in total. The molecule has 4 aromatic rings. The number of rotatable bonds is 6. The van der Waals surface area contributed by atoms with Crippen molar-refractivity contribution in [1.29, 1.82) is 0 Å². The molecule has 0 aliphatic heterocycles. The van der Waals surface area contributed by atoms with Crippen molar-refractivity contribution in [2.45, 2.75) is 19.9 Å². The van der Waals surface area contributed by atoms with Gasteiger partial charge in [0.25, 0.3) is 0 Å². The van der Waals surface area contributed by atoms with Crippen LogP contribution >= 0.6 is 0 Å². The van der Waals surface area contributed by atoms with Gasteiger partial charge in [-0.25, -0.2) is 9.78 Å². The predicted octanol–water partition coefficient (Wildman–Crippen LogP) is 5.63. The molecule has 4 rings (SSSR count). The van der Waals surface area contributed by atoms with Crippen LogP contribution in [-0.2, 0) is 4.74 Å². The quantitative estimate of drug-likeness (QED) is 0.402. The van der Waals surface area contributed by atoms with Gasteiger partial charge in [0.05, 0.1) is 18.2 Å². The molecule has 3 aromatic carbocycles. The van der Waals surface area contributed by atoms with Crippen molar-refractivity contribution in [2.24, 2.45) is 0 Å². The molecule has 2 N–H and O–H groups in total. The first-order valence-electron chi connectivity index (χ1n) is 10.2. The Bertz CT molecular complexity index is 1200. The Morgan fingerprint density at radius 3 is 2.42 bits per heavy atom. The van der Waals surface area contributed by atoms with Gasteiger partial charge >= 0.3 is 5.97 Å². The standard InChI is InChI=1S/C26H24N2O3/c1-3-31-26(30)20-11-14-21(15-12-20)28-23(18-7-5-4-6-8-18)22-16-13-19-10-9-17(2)27-24(19)25(22)29/h4-16,23,28-29H,3H2,1-2H3. The number of fused-ring (bicyclic) bond motifs is 1. The largest absolute Gasteiger partial charge is 0.505 e. The van der Waals surface area contributed by atoms with E-state index in [-0.39, 0.29) is 17.8 Å². The maximum absolute atomic E-state index is 11.9. The number of carbonyl (C=O) groups is 1. The number of phenols is 1. The molecule has 0 fully saturated rings. The van der Waals surface area contributed by atoms with E-state index in [1.54, 1.807) is 19.1 Å². The lowest BCUT2D eigenvalue weighted by molar-refractivity contribution is 0.0526. The highest BCUT2D eigenvalue weighted by Crippen LogP contribution is 2.36. The van der Waals surface area contributed by atoms with Crippen LogP contribution in [0.5, 0.6) is 5.75 Å². The number of nitrogens with one attached hydrogen (secondary N) is 1. The minimum absolute atomic E-state index is 0.158. The lowest BCUT2D eigenvalue weighted by Crippen LogP contribution is -2.13. The molecular formula is C26H24N2O3. The van der Waals surface area contributed by atoms with E-state index in [1.165, 1.54) is 0 Å². The number of esters is 1. The van der Waals surface area contributed by atoms with Gasteiger partial charge in [-0.1, -0.05) is 48.5 Å². The van der Waals surface area contributed by atoms with Gasteiger partial charge in [0.2, 0.25) is 0 Å². The Morgan fingerprint density at radius 2 is 1.71 bits per heavy atom. The molecule has 0 spiro atoms. The van der Waals surface area contributed by atoms with E-state index >= 15 is 0 Å². The van der Waals surface area contributed by atoms with Crippen LogP contribution in [0, 0.1) is 6.92 Å². The number of anilines is 1. The molecule has 0 aliphatic rings. The Labute approximate surface area is 181 Å². The third-order valence-corrected chi connectivity index (χ3v) is 5.16. The Morgan fingerprint density at radius 1 is 1.00 bits per heavy atom. The number of aromatic nitrogens is 1. The molecule has 0 bridgehead atoms. The Hall–Kier alpha value is -3.86. The first-order valence-corrected chi connectivity index (χ1v) is 10.2. The highest BCUT2D eigenvalue weighted by molar-refractivity contribution is 5.90. The van der Waals surface area contributed by atoms with E-state index in [1.807, 2.05) is 73.7 Å². The molecule has 0 saturated heterocycles. The van der Waals surface area contributed by atoms with Crippen molar-refractivity contribution in [2.75, 3.05) is 11.9 Å². The highest BCUT2D eigenvalue weighted by atomic mass is 16.5. The zero-order valence-corrected chi connectivity index (χ0v) is 17.5. The molecule has 0 radical (unpaired) electrons. The summed E-state index contributed by atoms with van der Waals surface area (Å²) in [5.74, 6) is -0.187. The van der Waals surface area contributed by atoms with Crippen molar-refractivity contribution in [3.8, 4) is 5.75 Å². The lowest BCUT2D eigenvalue weighted by atomic mass is 9.96. The van der Waals surface area contributed by atoms with E-state index in [4.69, 9.17) is 4.74 Å². The number of hydrogen-bond donors (Lipinski definition) is 2. The van der Waals surface area contributed by atoms with Gasteiger partial charge in [0, 0.05) is 22.3 Å². The molecule has 5 heteroatoms. The van der Waals surface area contributed by atoms with Crippen LogP contribution in [0.4, 0.5) is 5.69 Å². The van der Waals surface area contributed by atoms with Crippen molar-refractivity contribution in [1.82, 2.24) is 4.98 Å². The molecule has 1 heterocycles. The minimum atomic E-state index is -0.345. The number of nitrogens with zero attached hydrogens (tertiary/aromatic N) is 1. The number of ether oxygens (including phenoxy) is 1. The van der Waals surface area contributed by atoms with Crippen molar-refractivity contribution < 1.29 is 14.6 Å². The SMILES string of the molecule is CCOC(=O)c1ccc(NC(c2ccccc2)c2ccc3ccc(C)nc3c2O)cc1. The maximum atomic E-state index is 11.9. The summed E-state index contributed by atoms with van der Waals surface area (Å²) in [7, 11) is 0. The summed E-state index contributed by atoms with van der Waals surface area (Å²) in [6.45, 7) is 4.03. The van der Waals surface area contributed by atoms with Crippen LogP contribution in [-0.4, -0.2) is 22.7 Å². The number of aryl methyl sites for hydroxylation is 1. The van der Waals surface area contributed by atoms with Crippen molar-refractivity contribution >= 4 is 22.6 Å². The second-order valence-corrected chi connectivity index (χ2v) is 7.31. The number of carbonyl (C=O) groups excluding carboxylic acids is 1. The smallest absolute Gasteiger partial charge is 0.338 e. The minimum Gasteiger partial charge on any atom is -0.505 e. The number of phenolic OH excluding ortho intramolecular Hbond substituents is 1. The van der Waals surface area contributed by atoms with Gasteiger partial charge < -0.3 is 15.2 Å². The summed E-state index contributed by atoms with van der Waals surface area (Å²) in [5, 5.41) is 15.5. The fourth-order valence-electron chi connectivity index (χ4n) is 3.59. The first-order chi connectivity index (χ1) is 15.1. The second kappa shape index (κ2) is 8.88. The number of benzene rings is 3. The molecule has 0 saturated carbocycles. The predicted molar refractivity (Wildman–Crippen MR) is 122 cm³/mol. The molecule has 1 aromatic heterocycles. The molecule has 0 aliphatic carbocycles. The number of hydrogen-bond acceptors (Lipinski definition) is 5. The van der Waals surface area contributed by atoms with Crippen LogP contribution < -0.4 is 5.32 Å². The molecule has 1 atom stereocenters. The van der Waals surface area contributed by atoms with E-state index < -0.39 is 0 Å². The zero-order chi connectivity index (χ0) is 21.8. The summed E-state index contributed by atoms with van der Waals surface area (Å²) in [6, 6.07) is 24.5. The van der Waals surface area contributed by atoms with Crippen LogP contribution in [0.15, 0.2) is 78.9 Å². The van der Waals surface area contributed by atoms with Gasteiger partial charge in [-0.2, -0.15) is 0 Å². The molecule has 31 heavy (non-hydrogen) atoms. The van der Waals surface area contributed by atoms with Crippen LogP contribution in [0.3, 0.4) is 0 Å². The van der Waals surface area contributed by atoms with Gasteiger partial charge in [-0.05, 0) is 49.7 Å². The Kier molecular flexibility index (Phi) is 5.85. The average Bonchev–Trinajstić information content (AvgIpc) is 2.80. The third kappa shape index (κ3) is 4.36. The zero-order valence-electron chi connectivity index (χ0n) is 17.5. The van der Waals surface area contributed by atoms with Gasteiger partial charge in [-0.3, -0.25) is 0 Å². The Balaban J connectivity index is 1.73. The molecular weight excluding hydrogens is 388 g/mol. The van der Waals surface area contributed by atoms with Crippen molar-refractivity contribution in [3.05, 3.63) is 101 Å². The van der Waals surface area contributed by atoms with Crippen LogP contribution in [0.1, 0.15) is 40.1 Å². The van der Waals surface area contributed by atoms with Crippen LogP contribution in [0.25, 0.3) is 10.9 Å². The summed E-state index contributed by atoms with van der Waals surface area (Å²) in [5.41, 5.74) is 4.47. The maximum Gasteiger partial charge on any atom is 0.338 e. The summed E-state index contributed by atoms with van der Waals surface area (Å²) >= 11 is 0. The average molecular weight is 412 g/mol. The monoisotopic (exact) mass is 412 g/mol. The number of aromatic hydroxyl groups is 1. The van der Waals surface area contributed by atoms with Gasteiger partial charge in [0.1, 0.15) is 11.3 Å². The highest BCUT2D eigenvalue weighted by Gasteiger charge is 2.20.